The van der Waals surface area contributed by atoms with Crippen molar-refractivity contribution in [3.8, 4) is 0 Å². The summed E-state index contributed by atoms with van der Waals surface area (Å²) < 4.78 is 42.1. The molecule has 3 N–H and O–H groups in total. The van der Waals surface area contributed by atoms with Crippen molar-refractivity contribution in [3.05, 3.63) is 23.0 Å². The number of nitrogens with zero attached hydrogens (tertiary/aromatic N) is 2. The molecule has 0 fully saturated rings. The number of anilines is 1. The third kappa shape index (κ3) is 3.98. The summed E-state index contributed by atoms with van der Waals surface area (Å²) in [6.07, 6.45) is -3.87. The zero-order valence-corrected chi connectivity index (χ0v) is 10.2. The highest BCUT2D eigenvalue weighted by molar-refractivity contribution is 6.34. The minimum absolute atomic E-state index is 0.0395. The average Bonchev–Trinajstić information content (AvgIpc) is 2.33. The Balaban J connectivity index is 3.07. The molecule has 0 aliphatic carbocycles. The quantitative estimate of drug-likeness (QED) is 0.374. The van der Waals surface area contributed by atoms with Gasteiger partial charge in [-0.05, 0) is 6.07 Å². The molecule has 19 heavy (non-hydrogen) atoms. The maximum absolute atomic E-state index is 12.6. The molecule has 1 rings (SSSR count). The van der Waals surface area contributed by atoms with E-state index in [1.165, 1.54) is 0 Å². The number of alkyl halides is 3. The summed E-state index contributed by atoms with van der Waals surface area (Å²) in [6.45, 7) is 0. The molecule has 0 saturated heterocycles. The fourth-order valence-electron chi connectivity index (χ4n) is 1.02. The second-order valence-corrected chi connectivity index (χ2v) is 3.58. The molecule has 0 aromatic carbocycles. The number of carbonyl (C=O) groups excluding carboxylic acids is 1. The Morgan fingerprint density at radius 3 is 2.74 bits per heavy atom. The van der Waals surface area contributed by atoms with Gasteiger partial charge in [-0.2, -0.15) is 13.2 Å². The number of rotatable bonds is 2. The number of esters is 1. The molecule has 104 valence electrons. The number of aromatic nitrogens is 1. The van der Waals surface area contributed by atoms with Crippen molar-refractivity contribution in [3.63, 3.8) is 0 Å². The summed E-state index contributed by atoms with van der Waals surface area (Å²) in [6, 6.07) is 0.950. The van der Waals surface area contributed by atoms with Crippen LogP contribution >= 0.6 is 11.6 Å². The number of amidine groups is 1. The van der Waals surface area contributed by atoms with Crippen LogP contribution in [0, 0.1) is 0 Å². The van der Waals surface area contributed by atoms with Gasteiger partial charge >= 0.3 is 12.1 Å². The largest absolute Gasteiger partial charge is 0.463 e. The average molecular weight is 297 g/mol. The number of hydrogen-bond acceptors (Lipinski definition) is 5. The lowest BCUT2D eigenvalue weighted by molar-refractivity contribution is -0.140. The highest BCUT2D eigenvalue weighted by atomic mass is 35.5. The third-order valence-electron chi connectivity index (χ3n) is 1.81. The summed E-state index contributed by atoms with van der Waals surface area (Å²) in [4.78, 5) is 14.0. The van der Waals surface area contributed by atoms with E-state index in [4.69, 9.17) is 17.3 Å². The number of hydrogen-bond donors (Lipinski definition) is 2. The van der Waals surface area contributed by atoms with Crippen LogP contribution in [0.1, 0.15) is 5.69 Å². The van der Waals surface area contributed by atoms with Crippen molar-refractivity contribution >= 4 is 29.1 Å². The Hall–Kier alpha value is -2.03. The van der Waals surface area contributed by atoms with E-state index in [0.29, 0.717) is 0 Å². The Labute approximate surface area is 110 Å². The van der Waals surface area contributed by atoms with Gasteiger partial charge in [-0.15, -0.1) is 5.10 Å². The molecule has 0 amide bonds. The first-order valence-corrected chi connectivity index (χ1v) is 5.03. The van der Waals surface area contributed by atoms with Gasteiger partial charge < -0.3 is 10.5 Å². The molecular weight excluding hydrogens is 289 g/mol. The van der Waals surface area contributed by atoms with E-state index in [1.807, 2.05) is 5.43 Å². The van der Waals surface area contributed by atoms with Crippen molar-refractivity contribution in [2.24, 2.45) is 10.8 Å². The minimum Gasteiger partial charge on any atom is -0.463 e. The molecule has 0 bridgehead atoms. The molecule has 10 heteroatoms. The number of nitrogens with two attached hydrogens (primary N) is 1. The van der Waals surface area contributed by atoms with E-state index < -0.39 is 29.4 Å². The molecule has 0 spiro atoms. The highest BCUT2D eigenvalue weighted by Crippen LogP contribution is 2.34. The van der Waals surface area contributed by atoms with Crippen molar-refractivity contribution in [2.75, 3.05) is 12.5 Å². The van der Waals surface area contributed by atoms with Crippen LogP contribution in [0.4, 0.5) is 18.9 Å². The van der Waals surface area contributed by atoms with Gasteiger partial charge in [0.15, 0.2) is 5.69 Å². The topological polar surface area (TPSA) is 89.6 Å². The number of carbonyl (C=O) groups is 1. The van der Waals surface area contributed by atoms with Crippen molar-refractivity contribution in [1.82, 2.24) is 4.98 Å². The van der Waals surface area contributed by atoms with Crippen LogP contribution in [-0.4, -0.2) is 23.9 Å². The fraction of sp³-hybridized carbons (Fsp3) is 0.222. The minimum atomic E-state index is -4.71. The van der Waals surface area contributed by atoms with E-state index in [1.54, 1.807) is 0 Å². The predicted octanol–water partition coefficient (Wildman–Crippen LogP) is 1.61. The molecule has 0 atom stereocenters. The van der Waals surface area contributed by atoms with Gasteiger partial charge in [-0.3, -0.25) is 5.43 Å². The molecule has 0 radical (unpaired) electrons. The summed E-state index contributed by atoms with van der Waals surface area (Å²) in [5, 5.41) is 3.21. The van der Waals surface area contributed by atoms with Crippen LogP contribution in [0.2, 0.25) is 5.02 Å². The molecule has 0 aliphatic rings. The van der Waals surface area contributed by atoms with E-state index in [0.717, 1.165) is 19.4 Å². The van der Waals surface area contributed by atoms with Gasteiger partial charge in [0.1, 0.15) is 0 Å². The first-order chi connectivity index (χ1) is 8.75. The van der Waals surface area contributed by atoms with Gasteiger partial charge in [0.2, 0.25) is 5.84 Å². The number of nitrogens with one attached hydrogen (secondary N) is 1. The van der Waals surface area contributed by atoms with Gasteiger partial charge in [-0.25, -0.2) is 9.78 Å². The first kappa shape index (κ1) is 15.0. The Morgan fingerprint density at radius 2 is 2.21 bits per heavy atom. The van der Waals surface area contributed by atoms with Gasteiger partial charge in [-0.1, -0.05) is 11.6 Å². The number of pyridine rings is 1. The Kier molecular flexibility index (Phi) is 4.54. The molecule has 0 aliphatic heterocycles. The molecule has 6 nitrogen and oxygen atoms in total. The maximum Gasteiger partial charge on any atom is 0.435 e. The smallest absolute Gasteiger partial charge is 0.435 e. The second kappa shape index (κ2) is 5.74. The van der Waals surface area contributed by atoms with Crippen LogP contribution in [0.25, 0.3) is 0 Å². The second-order valence-electron chi connectivity index (χ2n) is 3.15. The third-order valence-corrected chi connectivity index (χ3v) is 2.02. The monoisotopic (exact) mass is 296 g/mol. The zero-order chi connectivity index (χ0) is 14.6. The lowest BCUT2D eigenvalue weighted by Gasteiger charge is -2.11. The van der Waals surface area contributed by atoms with E-state index in [2.05, 4.69) is 14.8 Å². The predicted molar refractivity (Wildman–Crippen MR) is 61.5 cm³/mol. The van der Waals surface area contributed by atoms with Crippen molar-refractivity contribution in [1.29, 1.82) is 0 Å². The van der Waals surface area contributed by atoms with E-state index in [-0.39, 0.29) is 5.02 Å². The first-order valence-electron chi connectivity index (χ1n) is 4.66. The molecule has 1 heterocycles. The van der Waals surface area contributed by atoms with E-state index >= 15 is 0 Å². The van der Waals surface area contributed by atoms with Crippen molar-refractivity contribution in [2.45, 2.75) is 6.18 Å². The molecular formula is C9H8ClF3N4O2. The molecule has 0 saturated carbocycles. The van der Waals surface area contributed by atoms with Gasteiger partial charge in [0.05, 0.1) is 17.8 Å². The summed E-state index contributed by atoms with van der Waals surface area (Å²) in [5.74, 6) is -1.63. The lowest BCUT2D eigenvalue weighted by atomic mass is 10.3. The van der Waals surface area contributed by atoms with Gasteiger partial charge in [0.25, 0.3) is 0 Å². The number of hydrazone groups is 1. The molecule has 1 aromatic heterocycles. The summed E-state index contributed by atoms with van der Waals surface area (Å²) >= 11 is 5.53. The number of halogens is 4. The molecule has 0 unspecified atom stereocenters. The van der Waals surface area contributed by atoms with Crippen LogP contribution in [-0.2, 0) is 15.7 Å². The normalized spacial score (nSPS) is 12.2. The Bertz CT molecular complexity index is 519. The van der Waals surface area contributed by atoms with E-state index in [9.17, 15) is 18.0 Å². The van der Waals surface area contributed by atoms with Crippen LogP contribution in [0.15, 0.2) is 17.4 Å². The standard InChI is InChI=1S/C9H8ClF3N4O2/c1-19-8(18)7(14)17-16-5-2-4(10)3-15-6(5)9(11,12)13/h2-3,16H,1H3,(H2,14,17). The number of methoxy groups -OCH3 is 1. The fourth-order valence-corrected chi connectivity index (χ4v) is 1.18. The Morgan fingerprint density at radius 1 is 1.58 bits per heavy atom. The molecule has 1 aromatic rings. The summed E-state index contributed by atoms with van der Waals surface area (Å²) in [7, 11) is 1.05. The van der Waals surface area contributed by atoms with Crippen LogP contribution < -0.4 is 11.2 Å². The number of ether oxygens (including phenoxy) is 1. The van der Waals surface area contributed by atoms with Crippen LogP contribution in [0.5, 0.6) is 0 Å². The van der Waals surface area contributed by atoms with Crippen LogP contribution in [0.3, 0.4) is 0 Å². The SMILES string of the molecule is COC(=O)/C(N)=N/Nc1cc(Cl)cnc1C(F)(F)F. The van der Waals surface area contributed by atoms with Gasteiger partial charge in [0, 0.05) is 6.20 Å². The van der Waals surface area contributed by atoms with Crippen molar-refractivity contribution < 1.29 is 22.7 Å². The highest BCUT2D eigenvalue weighted by Gasteiger charge is 2.35. The zero-order valence-electron chi connectivity index (χ0n) is 9.45. The maximum atomic E-state index is 12.6. The lowest BCUT2D eigenvalue weighted by Crippen LogP contribution is -2.26. The summed E-state index contributed by atoms with van der Waals surface area (Å²) in [5.41, 5.74) is 5.35.